The molecule has 0 fully saturated rings. The van der Waals surface area contributed by atoms with E-state index < -0.39 is 6.09 Å². The Morgan fingerprint density at radius 2 is 1.87 bits per heavy atom. The molecule has 8 heteroatoms. The van der Waals surface area contributed by atoms with E-state index in [2.05, 4.69) is 10.6 Å². The van der Waals surface area contributed by atoms with Gasteiger partial charge in [-0.15, -0.1) is 0 Å². The van der Waals surface area contributed by atoms with Crippen LogP contribution < -0.4 is 20.9 Å². The number of unbranched alkanes of at least 4 members (excludes halogenated alkanes) is 1. The smallest absolute Gasteiger partial charge is 0.404 e. The summed E-state index contributed by atoms with van der Waals surface area (Å²) in [5.74, 6) is 0.323. The highest BCUT2D eigenvalue weighted by atomic mass is 16.5. The largest absolute Gasteiger partial charge is 0.491 e. The van der Waals surface area contributed by atoms with Gasteiger partial charge in [0.15, 0.2) is 0 Å². The number of fused-ring (bicyclic) bond motifs is 1. The summed E-state index contributed by atoms with van der Waals surface area (Å²) in [4.78, 5) is 36.6. The van der Waals surface area contributed by atoms with Crippen LogP contribution in [0.3, 0.4) is 0 Å². The zero-order valence-electron chi connectivity index (χ0n) is 18.9. The first-order valence-electron chi connectivity index (χ1n) is 10.8. The van der Waals surface area contributed by atoms with Gasteiger partial charge in [0.1, 0.15) is 5.75 Å². The van der Waals surface area contributed by atoms with Gasteiger partial charge in [0.25, 0.3) is 5.56 Å². The van der Waals surface area contributed by atoms with Gasteiger partial charge in [0.05, 0.1) is 24.2 Å². The minimum Gasteiger partial charge on any atom is -0.491 e. The number of carbonyl (C=O) groups is 2. The molecule has 0 saturated carbocycles. The van der Waals surface area contributed by atoms with Gasteiger partial charge in [0.2, 0.25) is 5.91 Å². The maximum absolute atomic E-state index is 13.3. The van der Waals surface area contributed by atoms with Crippen molar-refractivity contribution in [2.75, 3.05) is 11.9 Å². The van der Waals surface area contributed by atoms with E-state index in [1.54, 1.807) is 36.6 Å². The van der Waals surface area contributed by atoms with Gasteiger partial charge in [-0.05, 0) is 30.5 Å². The molecule has 2 aromatic rings. The molecule has 0 bridgehead atoms. The van der Waals surface area contributed by atoms with Crippen molar-refractivity contribution in [3.63, 3.8) is 0 Å². The molecule has 0 aliphatic rings. The fourth-order valence-electron chi connectivity index (χ4n) is 3.20. The lowest BCUT2D eigenvalue weighted by atomic mass is 10.1. The van der Waals surface area contributed by atoms with E-state index in [9.17, 15) is 14.4 Å². The van der Waals surface area contributed by atoms with Crippen LogP contribution in [-0.4, -0.2) is 28.3 Å². The number of benzene rings is 1. The van der Waals surface area contributed by atoms with Crippen LogP contribution >= 0.6 is 0 Å². The Morgan fingerprint density at radius 3 is 2.45 bits per heavy atom. The van der Waals surface area contributed by atoms with E-state index in [0.29, 0.717) is 41.1 Å². The van der Waals surface area contributed by atoms with Crippen molar-refractivity contribution >= 4 is 28.5 Å². The fourth-order valence-corrected chi connectivity index (χ4v) is 3.20. The van der Waals surface area contributed by atoms with Crippen LogP contribution in [0.4, 0.5) is 10.5 Å². The predicted molar refractivity (Wildman–Crippen MR) is 122 cm³/mol. The molecular formula is C23H33N3O5. The summed E-state index contributed by atoms with van der Waals surface area (Å²) in [6.45, 7) is 10.5. The number of hydrogen-bond donors (Lipinski definition) is 3. The molecule has 1 aromatic carbocycles. The molecule has 1 aromatic heterocycles. The van der Waals surface area contributed by atoms with Crippen LogP contribution in [0, 0.1) is 11.8 Å². The summed E-state index contributed by atoms with van der Waals surface area (Å²) in [6, 6.07) is 5.11. The molecule has 2 rings (SSSR count). The molecular weight excluding hydrogens is 398 g/mol. The summed E-state index contributed by atoms with van der Waals surface area (Å²) >= 11 is 0. The molecule has 0 spiro atoms. The topological polar surface area (TPSA) is 110 Å². The summed E-state index contributed by atoms with van der Waals surface area (Å²) in [6.07, 6.45) is 0.573. The lowest BCUT2D eigenvalue weighted by molar-refractivity contribution is -0.118. The highest BCUT2D eigenvalue weighted by molar-refractivity contribution is 5.97. The Kier molecular flexibility index (Phi) is 8.47. The Bertz CT molecular complexity index is 995. The maximum Gasteiger partial charge on any atom is 0.404 e. The number of aromatic nitrogens is 1. The molecule has 0 atom stereocenters. The summed E-state index contributed by atoms with van der Waals surface area (Å²) in [5.41, 5.74) is 0.831. The molecule has 31 heavy (non-hydrogen) atoms. The Balaban J connectivity index is 2.73. The normalized spacial score (nSPS) is 11.2. The first kappa shape index (κ1) is 24.2. The van der Waals surface area contributed by atoms with Crippen molar-refractivity contribution in [1.82, 2.24) is 9.88 Å². The van der Waals surface area contributed by atoms with Crippen molar-refractivity contribution in [2.45, 2.75) is 60.5 Å². The molecule has 0 unspecified atom stereocenters. The van der Waals surface area contributed by atoms with E-state index in [-0.39, 0.29) is 29.8 Å². The highest BCUT2D eigenvalue weighted by Crippen LogP contribution is 2.31. The molecule has 0 aliphatic heterocycles. The average Bonchev–Trinajstić information content (AvgIpc) is 2.69. The first-order chi connectivity index (χ1) is 14.6. The number of rotatable bonds is 10. The van der Waals surface area contributed by atoms with Gasteiger partial charge in [-0.2, -0.15) is 0 Å². The van der Waals surface area contributed by atoms with Gasteiger partial charge in [-0.1, -0.05) is 41.0 Å². The van der Waals surface area contributed by atoms with Crippen molar-refractivity contribution in [3.8, 4) is 5.75 Å². The maximum atomic E-state index is 13.3. The van der Waals surface area contributed by atoms with E-state index in [1.165, 1.54) is 0 Å². The molecule has 8 nitrogen and oxygen atoms in total. The summed E-state index contributed by atoms with van der Waals surface area (Å²) in [7, 11) is 0. The molecule has 0 radical (unpaired) electrons. The summed E-state index contributed by atoms with van der Waals surface area (Å²) < 4.78 is 7.70. The van der Waals surface area contributed by atoms with Crippen molar-refractivity contribution in [3.05, 3.63) is 34.2 Å². The third kappa shape index (κ3) is 6.23. The minimum atomic E-state index is -1.18. The van der Waals surface area contributed by atoms with Gasteiger partial charge in [-0.3, -0.25) is 9.59 Å². The Morgan fingerprint density at radius 1 is 1.16 bits per heavy atom. The third-order valence-electron chi connectivity index (χ3n) is 4.82. The number of nitrogens with zero attached hydrogens (tertiary/aromatic N) is 1. The molecule has 0 aliphatic carbocycles. The monoisotopic (exact) mass is 431 g/mol. The van der Waals surface area contributed by atoms with Crippen molar-refractivity contribution < 1.29 is 19.4 Å². The number of hydrogen-bond acceptors (Lipinski definition) is 4. The quantitative estimate of drug-likeness (QED) is 0.489. The van der Waals surface area contributed by atoms with Crippen LogP contribution in [0.1, 0.15) is 53.2 Å². The zero-order valence-corrected chi connectivity index (χ0v) is 18.9. The third-order valence-corrected chi connectivity index (χ3v) is 4.82. The Labute approximate surface area is 182 Å². The number of pyridine rings is 1. The van der Waals surface area contributed by atoms with Crippen LogP contribution in [0.2, 0.25) is 0 Å². The van der Waals surface area contributed by atoms with Gasteiger partial charge < -0.3 is 25.0 Å². The summed E-state index contributed by atoms with van der Waals surface area (Å²) in [5, 5.41) is 15.4. The van der Waals surface area contributed by atoms with E-state index >= 15 is 0 Å². The van der Waals surface area contributed by atoms with Crippen molar-refractivity contribution in [1.29, 1.82) is 0 Å². The van der Waals surface area contributed by atoms with Gasteiger partial charge in [0, 0.05) is 23.5 Å². The number of amides is 2. The Hall–Kier alpha value is -3.03. The van der Waals surface area contributed by atoms with E-state index in [0.717, 1.165) is 12.8 Å². The highest BCUT2D eigenvalue weighted by Gasteiger charge is 2.20. The minimum absolute atomic E-state index is 0.0583. The van der Waals surface area contributed by atoms with Gasteiger partial charge >= 0.3 is 6.09 Å². The zero-order chi connectivity index (χ0) is 23.1. The van der Waals surface area contributed by atoms with Crippen LogP contribution in [0.5, 0.6) is 5.75 Å². The molecule has 0 saturated heterocycles. The number of nitrogens with one attached hydrogen (secondary N) is 2. The number of ether oxygens (including phenoxy) is 1. The van der Waals surface area contributed by atoms with Crippen LogP contribution in [0.15, 0.2) is 23.0 Å². The standard InChI is InChI=1S/C23H33N3O5/c1-6-7-10-31-20-18-11-16(25-21(27)15(4)5)8-9-17(18)22(28)26(13-14(2)3)19(20)12-24-23(29)30/h8-9,11,14-15,24H,6-7,10,12-13H2,1-5H3,(H,25,27)(H,29,30). The SMILES string of the molecule is CCCCOc1c(CNC(=O)O)n(CC(C)C)c(=O)c2ccc(NC(=O)C(C)C)cc12. The molecule has 170 valence electrons. The number of carbonyl (C=O) groups excluding carboxylic acids is 1. The number of carboxylic acid groups (broad SMARTS) is 1. The molecule has 1 heterocycles. The first-order valence-corrected chi connectivity index (χ1v) is 10.8. The van der Waals surface area contributed by atoms with Crippen molar-refractivity contribution in [2.24, 2.45) is 11.8 Å². The number of anilines is 1. The fraction of sp³-hybridized carbons (Fsp3) is 0.522. The molecule has 3 N–H and O–H groups in total. The molecule has 2 amide bonds. The van der Waals surface area contributed by atoms with Crippen LogP contribution in [-0.2, 0) is 17.9 Å². The van der Waals surface area contributed by atoms with E-state index in [1.807, 2.05) is 20.8 Å². The second-order valence-electron chi connectivity index (χ2n) is 8.35. The lowest BCUT2D eigenvalue weighted by Gasteiger charge is -2.21. The lowest BCUT2D eigenvalue weighted by Crippen LogP contribution is -2.31. The predicted octanol–water partition coefficient (Wildman–Crippen LogP) is 4.20. The second-order valence-corrected chi connectivity index (χ2v) is 8.35. The van der Waals surface area contributed by atoms with E-state index in [4.69, 9.17) is 9.84 Å². The van der Waals surface area contributed by atoms with Crippen LogP contribution in [0.25, 0.3) is 10.8 Å². The van der Waals surface area contributed by atoms with Gasteiger partial charge in [-0.25, -0.2) is 4.79 Å². The second kappa shape index (κ2) is 10.8. The average molecular weight is 432 g/mol.